The molecule has 1 saturated heterocycles. The van der Waals surface area contributed by atoms with E-state index in [1.807, 2.05) is 54.6 Å². The minimum Gasteiger partial charge on any atom is -0.415 e. The molecule has 0 spiro atoms. The number of aromatic amines is 1. The summed E-state index contributed by atoms with van der Waals surface area (Å²) in [5, 5.41) is 8.76. The smallest absolute Gasteiger partial charge is 0.264 e. The average molecular weight is 470 g/mol. The van der Waals surface area contributed by atoms with E-state index in [-0.39, 0.29) is 10.8 Å². The van der Waals surface area contributed by atoms with Crippen molar-refractivity contribution in [2.75, 3.05) is 31.1 Å². The molecule has 0 atom stereocenters. The second-order valence-electron chi connectivity index (χ2n) is 7.40. The monoisotopic (exact) mass is 469 g/mol. The van der Waals surface area contributed by atoms with Gasteiger partial charge < -0.3 is 14.3 Å². The van der Waals surface area contributed by atoms with Crippen LogP contribution in [0.15, 0.2) is 76.2 Å². The third-order valence-corrected chi connectivity index (χ3v) is 7.49. The van der Waals surface area contributed by atoms with E-state index in [9.17, 15) is 8.42 Å². The predicted molar refractivity (Wildman–Crippen MR) is 122 cm³/mol. The number of hydrogen-bond donors (Lipinski definition) is 1. The largest absolute Gasteiger partial charge is 0.415 e. The summed E-state index contributed by atoms with van der Waals surface area (Å²) in [5.74, 6) is 0.604. The van der Waals surface area contributed by atoms with E-state index >= 15 is 0 Å². The molecule has 8 nitrogen and oxygen atoms in total. The van der Waals surface area contributed by atoms with Crippen LogP contribution in [0.1, 0.15) is 0 Å². The van der Waals surface area contributed by atoms with Gasteiger partial charge in [-0.25, -0.2) is 8.42 Å². The summed E-state index contributed by atoms with van der Waals surface area (Å²) in [6.07, 6.45) is 1.46. The summed E-state index contributed by atoms with van der Waals surface area (Å²) < 4.78 is 33.5. The number of nitrogens with zero attached hydrogens (tertiary/aromatic N) is 4. The lowest BCUT2D eigenvalue weighted by atomic mass is 10.2. The van der Waals surface area contributed by atoms with E-state index in [2.05, 4.69) is 20.1 Å². The summed E-state index contributed by atoms with van der Waals surface area (Å²) in [4.78, 5) is 5.24. The number of hydrogen-bond acceptors (Lipinski definition) is 6. The molecule has 32 heavy (non-hydrogen) atoms. The quantitative estimate of drug-likeness (QED) is 0.476. The highest BCUT2D eigenvalue weighted by Gasteiger charge is 2.30. The van der Waals surface area contributed by atoms with Gasteiger partial charge in [0, 0.05) is 48.6 Å². The Morgan fingerprint density at radius 1 is 0.906 bits per heavy atom. The SMILES string of the molecule is O=S(=O)(c1c[nH]c(-c2nnc(-c3ccccc3)o2)c1)N1CCN(c2cccc(Cl)c2)CC1. The summed E-state index contributed by atoms with van der Waals surface area (Å²) in [6, 6.07) is 18.5. The number of benzene rings is 2. The maximum atomic E-state index is 13.2. The van der Waals surface area contributed by atoms with Crippen LogP contribution in [0.25, 0.3) is 23.0 Å². The van der Waals surface area contributed by atoms with Gasteiger partial charge in [0.1, 0.15) is 10.6 Å². The Kier molecular flexibility index (Phi) is 5.46. The molecule has 1 fully saturated rings. The van der Waals surface area contributed by atoms with Gasteiger partial charge in [0.25, 0.3) is 5.89 Å². The molecule has 1 N–H and O–H groups in total. The molecule has 0 aliphatic carbocycles. The number of nitrogens with one attached hydrogen (secondary N) is 1. The fraction of sp³-hybridized carbons (Fsp3) is 0.182. The maximum Gasteiger partial charge on any atom is 0.264 e. The summed E-state index contributed by atoms with van der Waals surface area (Å²) in [7, 11) is -3.65. The molecular formula is C22H20ClN5O3S. The highest BCUT2D eigenvalue weighted by atomic mass is 35.5. The Morgan fingerprint density at radius 2 is 1.66 bits per heavy atom. The van der Waals surface area contributed by atoms with Crippen LogP contribution >= 0.6 is 11.6 Å². The maximum absolute atomic E-state index is 13.2. The van der Waals surface area contributed by atoms with Gasteiger partial charge in [-0.05, 0) is 36.4 Å². The number of rotatable bonds is 5. The van der Waals surface area contributed by atoms with Gasteiger partial charge in [-0.15, -0.1) is 10.2 Å². The molecule has 3 heterocycles. The molecule has 0 amide bonds. The minimum absolute atomic E-state index is 0.170. The molecule has 4 aromatic rings. The van der Waals surface area contributed by atoms with Crippen molar-refractivity contribution >= 4 is 27.3 Å². The summed E-state index contributed by atoms with van der Waals surface area (Å²) in [6.45, 7) is 1.93. The lowest BCUT2D eigenvalue weighted by Crippen LogP contribution is -2.48. The zero-order chi connectivity index (χ0) is 22.1. The lowest BCUT2D eigenvalue weighted by molar-refractivity contribution is 0.385. The first-order valence-corrected chi connectivity index (χ1v) is 11.9. The molecule has 2 aromatic heterocycles. The summed E-state index contributed by atoms with van der Waals surface area (Å²) >= 11 is 6.08. The molecule has 5 rings (SSSR count). The fourth-order valence-corrected chi connectivity index (χ4v) is 5.29. The van der Waals surface area contributed by atoms with Gasteiger partial charge in [-0.1, -0.05) is 35.9 Å². The van der Waals surface area contributed by atoms with Crippen LogP contribution in [0, 0.1) is 0 Å². The van der Waals surface area contributed by atoms with Crippen LogP contribution in [-0.4, -0.2) is 54.1 Å². The van der Waals surface area contributed by atoms with Crippen LogP contribution in [0.3, 0.4) is 0 Å². The van der Waals surface area contributed by atoms with Crippen molar-refractivity contribution in [3.05, 3.63) is 71.9 Å². The summed E-state index contributed by atoms with van der Waals surface area (Å²) in [5.41, 5.74) is 2.24. The van der Waals surface area contributed by atoms with Crippen LogP contribution in [0.5, 0.6) is 0 Å². The number of H-pyrrole nitrogens is 1. The standard InChI is InChI=1S/C22H20ClN5O3S/c23-17-7-4-8-18(13-17)27-9-11-28(12-10-27)32(29,30)19-14-20(24-15-19)22-26-25-21(31-22)16-5-2-1-3-6-16/h1-8,13-15,24H,9-12H2. The molecular weight excluding hydrogens is 450 g/mol. The van der Waals surface area contributed by atoms with Gasteiger partial charge in [0.2, 0.25) is 15.9 Å². The third-order valence-electron chi connectivity index (χ3n) is 5.38. The van der Waals surface area contributed by atoms with Gasteiger partial charge in [0.05, 0.1) is 0 Å². The Hall–Kier alpha value is -3.14. The Labute approximate surface area is 190 Å². The Morgan fingerprint density at radius 3 is 2.41 bits per heavy atom. The van der Waals surface area contributed by atoms with Gasteiger partial charge >= 0.3 is 0 Å². The normalized spacial score (nSPS) is 15.2. The van der Waals surface area contributed by atoms with Crippen LogP contribution in [0.4, 0.5) is 5.69 Å². The van der Waals surface area contributed by atoms with Crippen molar-refractivity contribution in [2.45, 2.75) is 4.90 Å². The van der Waals surface area contributed by atoms with E-state index < -0.39 is 10.0 Å². The predicted octanol–water partition coefficient (Wildman–Crippen LogP) is 3.90. The van der Waals surface area contributed by atoms with E-state index in [0.29, 0.717) is 42.8 Å². The van der Waals surface area contributed by atoms with Crippen molar-refractivity contribution in [1.29, 1.82) is 0 Å². The van der Waals surface area contributed by atoms with Crippen molar-refractivity contribution in [3.63, 3.8) is 0 Å². The van der Waals surface area contributed by atoms with E-state index in [0.717, 1.165) is 11.3 Å². The average Bonchev–Trinajstić information content (AvgIpc) is 3.50. The second kappa shape index (κ2) is 8.42. The topological polar surface area (TPSA) is 95.3 Å². The minimum atomic E-state index is -3.65. The van der Waals surface area contributed by atoms with E-state index in [1.165, 1.54) is 16.6 Å². The van der Waals surface area contributed by atoms with Crippen molar-refractivity contribution < 1.29 is 12.8 Å². The number of halogens is 1. The first-order valence-electron chi connectivity index (χ1n) is 10.1. The molecule has 0 bridgehead atoms. The van der Waals surface area contributed by atoms with Crippen LogP contribution in [0.2, 0.25) is 5.02 Å². The van der Waals surface area contributed by atoms with Gasteiger partial charge in [0.15, 0.2) is 0 Å². The first kappa shape index (κ1) is 20.7. The number of aromatic nitrogens is 3. The fourth-order valence-electron chi connectivity index (χ4n) is 3.68. The molecule has 1 aliphatic rings. The lowest BCUT2D eigenvalue weighted by Gasteiger charge is -2.35. The highest BCUT2D eigenvalue weighted by Crippen LogP contribution is 2.27. The number of sulfonamides is 1. The Bertz CT molecular complexity index is 1330. The van der Waals surface area contributed by atoms with Gasteiger partial charge in [-0.3, -0.25) is 0 Å². The zero-order valence-electron chi connectivity index (χ0n) is 17.0. The Balaban J connectivity index is 1.30. The number of anilines is 1. The van der Waals surface area contributed by atoms with Crippen LogP contribution in [-0.2, 0) is 10.0 Å². The third kappa shape index (κ3) is 4.02. The van der Waals surface area contributed by atoms with E-state index in [4.69, 9.17) is 16.0 Å². The van der Waals surface area contributed by atoms with Crippen molar-refractivity contribution in [2.24, 2.45) is 0 Å². The molecule has 10 heteroatoms. The van der Waals surface area contributed by atoms with E-state index in [1.54, 1.807) is 0 Å². The zero-order valence-corrected chi connectivity index (χ0v) is 18.6. The number of piperazine rings is 1. The molecule has 0 radical (unpaired) electrons. The highest BCUT2D eigenvalue weighted by molar-refractivity contribution is 7.89. The van der Waals surface area contributed by atoms with Crippen molar-refractivity contribution in [3.8, 4) is 23.0 Å². The molecule has 0 saturated carbocycles. The second-order valence-corrected chi connectivity index (χ2v) is 9.77. The first-order chi connectivity index (χ1) is 15.5. The van der Waals surface area contributed by atoms with Crippen molar-refractivity contribution in [1.82, 2.24) is 19.5 Å². The van der Waals surface area contributed by atoms with Gasteiger partial charge in [-0.2, -0.15) is 4.31 Å². The molecule has 164 valence electrons. The van der Waals surface area contributed by atoms with Crippen LogP contribution < -0.4 is 4.90 Å². The molecule has 2 aromatic carbocycles. The molecule has 0 unspecified atom stereocenters. The molecule has 1 aliphatic heterocycles.